The van der Waals surface area contributed by atoms with Gasteiger partial charge in [0.15, 0.2) is 10.2 Å². The van der Waals surface area contributed by atoms with Gasteiger partial charge in [-0.1, -0.05) is 23.8 Å². The number of thiazole rings is 1. The lowest BCUT2D eigenvalue weighted by Crippen LogP contribution is -1.99. The van der Waals surface area contributed by atoms with Gasteiger partial charge in [0.05, 0.1) is 17.9 Å². The number of carbonyl (C=O) groups is 1. The van der Waals surface area contributed by atoms with E-state index >= 15 is 0 Å². The molecule has 0 atom stereocenters. The standard InChI is InChI=1S/C11H13N3O3S2/c1-3-9-13-8(14-17-9)5-18-11-12-6(2)7(19-11)4-10(15)16/h3-5H2,1-2H3,(H,15,16). The SMILES string of the molecule is CCc1nc(CSc2nc(C)c(CC(=O)O)s2)no1. The molecule has 2 rings (SSSR count). The average Bonchev–Trinajstić information content (AvgIpc) is 2.94. The number of thioether (sulfide) groups is 1. The zero-order valence-electron chi connectivity index (χ0n) is 10.5. The van der Waals surface area contributed by atoms with Crippen LogP contribution in [-0.4, -0.2) is 26.2 Å². The Morgan fingerprint density at radius 1 is 1.47 bits per heavy atom. The van der Waals surface area contributed by atoms with Gasteiger partial charge in [0.25, 0.3) is 0 Å². The van der Waals surface area contributed by atoms with Gasteiger partial charge >= 0.3 is 5.97 Å². The van der Waals surface area contributed by atoms with Gasteiger partial charge in [-0.15, -0.1) is 11.3 Å². The number of aromatic nitrogens is 3. The largest absolute Gasteiger partial charge is 0.481 e. The van der Waals surface area contributed by atoms with Crippen LogP contribution in [-0.2, 0) is 23.4 Å². The second-order valence-electron chi connectivity index (χ2n) is 3.81. The van der Waals surface area contributed by atoms with Crippen molar-refractivity contribution in [2.75, 3.05) is 0 Å². The molecule has 1 N–H and O–H groups in total. The highest BCUT2D eigenvalue weighted by Crippen LogP contribution is 2.29. The molecule has 19 heavy (non-hydrogen) atoms. The topological polar surface area (TPSA) is 89.1 Å². The maximum absolute atomic E-state index is 10.7. The van der Waals surface area contributed by atoms with Crippen molar-refractivity contribution in [3.63, 3.8) is 0 Å². The number of carboxylic acids is 1. The molecule has 0 bridgehead atoms. The minimum atomic E-state index is -0.839. The van der Waals surface area contributed by atoms with Gasteiger partial charge in [0.1, 0.15) is 0 Å². The van der Waals surface area contributed by atoms with Crippen LogP contribution < -0.4 is 0 Å². The summed E-state index contributed by atoms with van der Waals surface area (Å²) in [6, 6.07) is 0. The number of hydrogen-bond donors (Lipinski definition) is 1. The highest BCUT2D eigenvalue weighted by Gasteiger charge is 2.12. The summed E-state index contributed by atoms with van der Waals surface area (Å²) in [5, 5.41) is 12.6. The van der Waals surface area contributed by atoms with Crippen LogP contribution in [0, 0.1) is 6.92 Å². The molecule has 0 unspecified atom stereocenters. The summed E-state index contributed by atoms with van der Waals surface area (Å²) >= 11 is 2.89. The molecule has 2 aromatic heterocycles. The van der Waals surface area contributed by atoms with Crippen molar-refractivity contribution in [2.45, 2.75) is 36.8 Å². The molecule has 0 aliphatic carbocycles. The molecule has 6 nitrogen and oxygen atoms in total. The van der Waals surface area contributed by atoms with E-state index in [4.69, 9.17) is 9.63 Å². The van der Waals surface area contributed by atoms with E-state index in [9.17, 15) is 4.79 Å². The van der Waals surface area contributed by atoms with Crippen LogP contribution in [0.3, 0.4) is 0 Å². The normalized spacial score (nSPS) is 10.8. The summed E-state index contributed by atoms with van der Waals surface area (Å²) in [5.74, 6) is 0.990. The minimum absolute atomic E-state index is 0.0201. The Hall–Kier alpha value is -1.41. The lowest BCUT2D eigenvalue weighted by molar-refractivity contribution is -0.136. The number of nitrogens with zero attached hydrogens (tertiary/aromatic N) is 3. The number of rotatable bonds is 6. The van der Waals surface area contributed by atoms with Crippen LogP contribution in [0.25, 0.3) is 0 Å². The summed E-state index contributed by atoms with van der Waals surface area (Å²) in [7, 11) is 0. The Bertz CT molecular complexity index is 580. The third-order valence-electron chi connectivity index (χ3n) is 2.32. The summed E-state index contributed by atoms with van der Waals surface area (Å²) in [6.07, 6.45) is 0.739. The zero-order valence-corrected chi connectivity index (χ0v) is 12.2. The third kappa shape index (κ3) is 3.77. The van der Waals surface area contributed by atoms with Crippen molar-refractivity contribution >= 4 is 29.1 Å². The third-order valence-corrected chi connectivity index (χ3v) is 4.62. The highest BCUT2D eigenvalue weighted by atomic mass is 32.2. The Morgan fingerprint density at radius 2 is 2.26 bits per heavy atom. The molecular formula is C11H13N3O3S2. The highest BCUT2D eigenvalue weighted by molar-refractivity contribution is 8.00. The van der Waals surface area contributed by atoms with Gasteiger partial charge in [-0.3, -0.25) is 4.79 Å². The van der Waals surface area contributed by atoms with E-state index in [-0.39, 0.29) is 6.42 Å². The summed E-state index contributed by atoms with van der Waals surface area (Å²) in [6.45, 7) is 3.77. The van der Waals surface area contributed by atoms with Crippen molar-refractivity contribution in [2.24, 2.45) is 0 Å². The molecule has 2 aromatic rings. The monoisotopic (exact) mass is 299 g/mol. The first-order valence-electron chi connectivity index (χ1n) is 5.70. The van der Waals surface area contributed by atoms with E-state index in [1.54, 1.807) is 0 Å². The van der Waals surface area contributed by atoms with E-state index in [2.05, 4.69) is 15.1 Å². The van der Waals surface area contributed by atoms with Crippen LogP contribution in [0.4, 0.5) is 0 Å². The fraction of sp³-hybridized carbons (Fsp3) is 0.455. The van der Waals surface area contributed by atoms with Crippen LogP contribution >= 0.6 is 23.1 Å². The first-order chi connectivity index (χ1) is 9.08. The van der Waals surface area contributed by atoms with Crippen molar-refractivity contribution in [1.82, 2.24) is 15.1 Å². The molecular weight excluding hydrogens is 286 g/mol. The number of carboxylic acid groups (broad SMARTS) is 1. The van der Waals surface area contributed by atoms with E-state index in [0.717, 1.165) is 21.3 Å². The molecule has 0 saturated carbocycles. The molecule has 0 radical (unpaired) electrons. The second-order valence-corrected chi connectivity index (χ2v) is 6.11. The zero-order chi connectivity index (χ0) is 13.8. The van der Waals surface area contributed by atoms with Crippen molar-refractivity contribution in [3.8, 4) is 0 Å². The summed E-state index contributed by atoms with van der Waals surface area (Å²) in [5.41, 5.74) is 0.775. The Morgan fingerprint density at radius 3 is 2.89 bits per heavy atom. The maximum Gasteiger partial charge on any atom is 0.308 e. The molecule has 0 fully saturated rings. The molecule has 2 heterocycles. The average molecular weight is 299 g/mol. The Kier molecular flexibility index (Phi) is 4.54. The molecule has 0 aromatic carbocycles. The van der Waals surface area contributed by atoms with E-state index in [1.165, 1.54) is 23.1 Å². The van der Waals surface area contributed by atoms with Crippen LogP contribution in [0.1, 0.15) is 29.2 Å². The summed E-state index contributed by atoms with van der Waals surface area (Å²) < 4.78 is 5.84. The predicted octanol–water partition coefficient (Wildman–Crippen LogP) is 2.32. The van der Waals surface area contributed by atoms with Gasteiger partial charge in [-0.05, 0) is 6.92 Å². The fourth-order valence-electron chi connectivity index (χ4n) is 1.38. The minimum Gasteiger partial charge on any atom is -0.481 e. The van der Waals surface area contributed by atoms with Gasteiger partial charge in [0.2, 0.25) is 5.89 Å². The van der Waals surface area contributed by atoms with Crippen LogP contribution in [0.2, 0.25) is 0 Å². The van der Waals surface area contributed by atoms with Crippen molar-refractivity contribution < 1.29 is 14.4 Å². The first-order valence-corrected chi connectivity index (χ1v) is 7.51. The van der Waals surface area contributed by atoms with Crippen molar-refractivity contribution in [3.05, 3.63) is 22.3 Å². The van der Waals surface area contributed by atoms with Gasteiger partial charge in [0, 0.05) is 11.3 Å². The molecule has 0 saturated heterocycles. The Labute approximate surface area is 118 Å². The number of aryl methyl sites for hydroxylation is 2. The van der Waals surface area contributed by atoms with Gasteiger partial charge in [-0.25, -0.2) is 4.98 Å². The molecule has 0 amide bonds. The van der Waals surface area contributed by atoms with E-state index in [1.807, 2.05) is 13.8 Å². The summed E-state index contributed by atoms with van der Waals surface area (Å²) in [4.78, 5) is 20.0. The predicted molar refractivity (Wildman–Crippen MR) is 71.4 cm³/mol. The molecule has 8 heteroatoms. The molecule has 0 aliphatic rings. The Balaban J connectivity index is 1.97. The smallest absolute Gasteiger partial charge is 0.308 e. The van der Waals surface area contributed by atoms with Crippen molar-refractivity contribution in [1.29, 1.82) is 0 Å². The first kappa shape index (κ1) is 14.0. The fourth-order valence-corrected chi connectivity index (χ4v) is 3.45. The van der Waals surface area contributed by atoms with E-state index < -0.39 is 5.97 Å². The van der Waals surface area contributed by atoms with Gasteiger partial charge < -0.3 is 9.63 Å². The lowest BCUT2D eigenvalue weighted by Gasteiger charge is -1.90. The maximum atomic E-state index is 10.7. The molecule has 102 valence electrons. The molecule has 0 spiro atoms. The van der Waals surface area contributed by atoms with Gasteiger partial charge in [-0.2, -0.15) is 4.98 Å². The second kappa shape index (κ2) is 6.16. The lowest BCUT2D eigenvalue weighted by atomic mass is 10.3. The number of aliphatic carboxylic acids is 1. The number of hydrogen-bond acceptors (Lipinski definition) is 7. The molecule has 0 aliphatic heterocycles. The van der Waals surface area contributed by atoms with E-state index in [0.29, 0.717) is 17.5 Å². The van der Waals surface area contributed by atoms with Crippen LogP contribution in [0.15, 0.2) is 8.86 Å². The van der Waals surface area contributed by atoms with Crippen LogP contribution in [0.5, 0.6) is 0 Å². The quantitative estimate of drug-likeness (QED) is 0.819.